The lowest BCUT2D eigenvalue weighted by Crippen LogP contribution is -2.48. The molecule has 0 saturated carbocycles. The van der Waals surface area contributed by atoms with E-state index in [-0.39, 0.29) is 11.8 Å². The summed E-state index contributed by atoms with van der Waals surface area (Å²) in [6, 6.07) is 7.22. The Balaban J connectivity index is 1.96. The minimum atomic E-state index is -0.590. The molecule has 6 heteroatoms. The van der Waals surface area contributed by atoms with Gasteiger partial charge in [0.1, 0.15) is 0 Å². The van der Waals surface area contributed by atoms with Gasteiger partial charge >= 0.3 is 0 Å². The summed E-state index contributed by atoms with van der Waals surface area (Å²) in [7, 11) is 5.36. The summed E-state index contributed by atoms with van der Waals surface area (Å²) in [5.74, 6) is -0.615. The molecule has 126 valence electrons. The number of aliphatic hydroxyl groups excluding tert-OH is 1. The number of nitrogens with zero attached hydrogens (tertiary/aromatic N) is 2. The summed E-state index contributed by atoms with van der Waals surface area (Å²) in [5, 5.41) is 12.9. The van der Waals surface area contributed by atoms with Crippen LogP contribution in [0.15, 0.2) is 24.3 Å². The number of piperidine rings is 1. The first kappa shape index (κ1) is 17.4. The predicted molar refractivity (Wildman–Crippen MR) is 87.9 cm³/mol. The molecule has 1 aromatic rings. The van der Waals surface area contributed by atoms with Gasteiger partial charge in [0.2, 0.25) is 5.91 Å². The summed E-state index contributed by atoms with van der Waals surface area (Å²) in [4.78, 5) is 27.8. The molecular weight excluding hydrogens is 294 g/mol. The van der Waals surface area contributed by atoms with Gasteiger partial charge in [-0.2, -0.15) is 0 Å². The molecule has 2 N–H and O–H groups in total. The normalized spacial score (nSPS) is 21.7. The Morgan fingerprint density at radius 2 is 2.13 bits per heavy atom. The lowest BCUT2D eigenvalue weighted by Gasteiger charge is -2.32. The van der Waals surface area contributed by atoms with Gasteiger partial charge in [0.05, 0.1) is 12.0 Å². The van der Waals surface area contributed by atoms with E-state index in [1.807, 2.05) is 24.1 Å². The van der Waals surface area contributed by atoms with E-state index in [4.69, 9.17) is 0 Å². The van der Waals surface area contributed by atoms with Crippen molar-refractivity contribution in [3.8, 4) is 0 Å². The largest absolute Gasteiger partial charge is 0.392 e. The fraction of sp³-hybridized carbons (Fsp3) is 0.529. The van der Waals surface area contributed by atoms with Gasteiger partial charge in [0.25, 0.3) is 5.91 Å². The SMILES string of the molecule is CN1CC[C@@H](O)[C@H](C(=O)NCc2cccc(C(=O)N(C)C)c2)C1. The maximum Gasteiger partial charge on any atom is 0.253 e. The second-order valence-electron chi connectivity index (χ2n) is 6.34. The molecule has 0 bridgehead atoms. The van der Waals surface area contributed by atoms with Crippen LogP contribution in [0.5, 0.6) is 0 Å². The van der Waals surface area contributed by atoms with Crippen molar-refractivity contribution in [3.05, 3.63) is 35.4 Å². The van der Waals surface area contributed by atoms with E-state index in [1.165, 1.54) is 4.90 Å². The maximum absolute atomic E-state index is 12.3. The molecule has 0 aliphatic carbocycles. The number of likely N-dealkylation sites (tertiary alicyclic amines) is 1. The molecular formula is C17H25N3O3. The molecule has 1 aromatic carbocycles. The average Bonchev–Trinajstić information content (AvgIpc) is 2.54. The molecule has 23 heavy (non-hydrogen) atoms. The zero-order valence-corrected chi connectivity index (χ0v) is 14.0. The number of rotatable bonds is 4. The smallest absolute Gasteiger partial charge is 0.253 e. The molecule has 2 atom stereocenters. The van der Waals surface area contributed by atoms with Crippen molar-refractivity contribution in [2.75, 3.05) is 34.2 Å². The van der Waals surface area contributed by atoms with Crippen LogP contribution in [0.2, 0.25) is 0 Å². The monoisotopic (exact) mass is 319 g/mol. The van der Waals surface area contributed by atoms with Crippen molar-refractivity contribution in [1.82, 2.24) is 15.1 Å². The van der Waals surface area contributed by atoms with E-state index in [9.17, 15) is 14.7 Å². The van der Waals surface area contributed by atoms with Crippen molar-refractivity contribution in [1.29, 1.82) is 0 Å². The predicted octanol–water partition coefficient (Wildman–Crippen LogP) is 0.317. The average molecular weight is 319 g/mol. The first-order chi connectivity index (χ1) is 10.9. The number of hydrogen-bond acceptors (Lipinski definition) is 4. The molecule has 0 radical (unpaired) electrons. The van der Waals surface area contributed by atoms with E-state index < -0.39 is 12.0 Å². The second kappa shape index (κ2) is 7.57. The standard InChI is InChI=1S/C17H25N3O3/c1-19(2)17(23)13-6-4-5-12(9-13)10-18-16(22)14-11-20(3)8-7-15(14)21/h4-6,9,14-15,21H,7-8,10-11H2,1-3H3,(H,18,22)/t14-,15-/m1/s1. The van der Waals surface area contributed by atoms with Crippen LogP contribution in [-0.2, 0) is 11.3 Å². The maximum atomic E-state index is 12.3. The number of aliphatic hydroxyl groups is 1. The highest BCUT2D eigenvalue weighted by molar-refractivity contribution is 5.94. The molecule has 1 saturated heterocycles. The number of carbonyl (C=O) groups excluding carboxylic acids is 2. The van der Waals surface area contributed by atoms with Crippen molar-refractivity contribution in [2.24, 2.45) is 5.92 Å². The van der Waals surface area contributed by atoms with Crippen molar-refractivity contribution in [3.63, 3.8) is 0 Å². The fourth-order valence-corrected chi connectivity index (χ4v) is 2.75. The van der Waals surface area contributed by atoms with Gasteiger partial charge in [0, 0.05) is 39.3 Å². The Morgan fingerprint density at radius 3 is 2.83 bits per heavy atom. The highest BCUT2D eigenvalue weighted by Gasteiger charge is 2.31. The highest BCUT2D eigenvalue weighted by Crippen LogP contribution is 2.16. The Labute approximate surface area is 137 Å². The van der Waals surface area contributed by atoms with E-state index in [2.05, 4.69) is 5.32 Å². The summed E-state index contributed by atoms with van der Waals surface area (Å²) < 4.78 is 0. The number of nitrogens with one attached hydrogen (secondary N) is 1. The Kier molecular flexibility index (Phi) is 5.74. The number of hydrogen-bond donors (Lipinski definition) is 2. The zero-order chi connectivity index (χ0) is 17.0. The Bertz CT molecular complexity index is 574. The van der Waals surface area contributed by atoms with E-state index in [0.717, 1.165) is 12.1 Å². The quantitative estimate of drug-likeness (QED) is 0.838. The van der Waals surface area contributed by atoms with Crippen molar-refractivity contribution < 1.29 is 14.7 Å². The minimum Gasteiger partial charge on any atom is -0.392 e. The third kappa shape index (κ3) is 4.53. The molecule has 0 spiro atoms. The lowest BCUT2D eigenvalue weighted by molar-refractivity contribution is -0.131. The van der Waals surface area contributed by atoms with Crippen LogP contribution in [0, 0.1) is 5.92 Å². The van der Waals surface area contributed by atoms with E-state index in [1.54, 1.807) is 26.2 Å². The summed E-state index contributed by atoms with van der Waals surface area (Å²) >= 11 is 0. The third-order valence-electron chi connectivity index (χ3n) is 4.16. The van der Waals surface area contributed by atoms with Crippen LogP contribution in [0.4, 0.5) is 0 Å². The zero-order valence-electron chi connectivity index (χ0n) is 14.0. The Hall–Kier alpha value is -1.92. The van der Waals surface area contributed by atoms with Gasteiger partial charge in [-0.1, -0.05) is 12.1 Å². The molecule has 6 nitrogen and oxygen atoms in total. The van der Waals surface area contributed by atoms with Gasteiger partial charge in [-0.3, -0.25) is 9.59 Å². The van der Waals surface area contributed by atoms with E-state index in [0.29, 0.717) is 25.1 Å². The van der Waals surface area contributed by atoms with Gasteiger partial charge in [-0.05, 0) is 31.2 Å². The molecule has 1 aliphatic heterocycles. The van der Waals surface area contributed by atoms with E-state index >= 15 is 0 Å². The highest BCUT2D eigenvalue weighted by atomic mass is 16.3. The molecule has 0 unspecified atom stereocenters. The minimum absolute atomic E-state index is 0.0671. The molecule has 0 aromatic heterocycles. The van der Waals surface area contributed by atoms with Crippen LogP contribution in [0.25, 0.3) is 0 Å². The van der Waals surface area contributed by atoms with Crippen LogP contribution >= 0.6 is 0 Å². The fourth-order valence-electron chi connectivity index (χ4n) is 2.75. The van der Waals surface area contributed by atoms with Gasteiger partial charge in [-0.15, -0.1) is 0 Å². The van der Waals surface area contributed by atoms with Crippen LogP contribution < -0.4 is 5.32 Å². The van der Waals surface area contributed by atoms with Crippen molar-refractivity contribution >= 4 is 11.8 Å². The first-order valence-corrected chi connectivity index (χ1v) is 7.83. The summed E-state index contributed by atoms with van der Waals surface area (Å²) in [6.07, 6.45) is 0.0226. The van der Waals surface area contributed by atoms with Gasteiger partial charge in [-0.25, -0.2) is 0 Å². The Morgan fingerprint density at radius 1 is 1.39 bits per heavy atom. The van der Waals surface area contributed by atoms with Crippen LogP contribution in [0.3, 0.4) is 0 Å². The summed E-state index contributed by atoms with van der Waals surface area (Å²) in [5.41, 5.74) is 1.46. The van der Waals surface area contributed by atoms with Crippen molar-refractivity contribution in [2.45, 2.75) is 19.1 Å². The number of amides is 2. The van der Waals surface area contributed by atoms with Crippen LogP contribution in [0.1, 0.15) is 22.3 Å². The van der Waals surface area contributed by atoms with Gasteiger partial charge in [0.15, 0.2) is 0 Å². The first-order valence-electron chi connectivity index (χ1n) is 7.83. The topological polar surface area (TPSA) is 72.9 Å². The van der Waals surface area contributed by atoms with Gasteiger partial charge < -0.3 is 20.2 Å². The van der Waals surface area contributed by atoms with Crippen LogP contribution in [-0.4, -0.2) is 67.1 Å². The second-order valence-corrected chi connectivity index (χ2v) is 6.34. The molecule has 1 fully saturated rings. The lowest BCUT2D eigenvalue weighted by atomic mass is 9.94. The molecule has 1 heterocycles. The molecule has 2 amide bonds. The number of carbonyl (C=O) groups is 2. The molecule has 1 aliphatic rings. The third-order valence-corrected chi connectivity index (χ3v) is 4.16. The molecule has 2 rings (SSSR count). The number of benzene rings is 1. The summed E-state index contributed by atoms with van der Waals surface area (Å²) in [6.45, 7) is 1.71.